The highest BCUT2D eigenvalue weighted by Gasteiger charge is 2.02. The van der Waals surface area contributed by atoms with Gasteiger partial charge in [-0.05, 0) is 5.53 Å². The van der Waals surface area contributed by atoms with E-state index in [0.29, 0.717) is 0 Å². The van der Waals surface area contributed by atoms with E-state index < -0.39 is 11.9 Å². The number of ether oxygens (including phenoxy) is 1. The summed E-state index contributed by atoms with van der Waals surface area (Å²) in [5.74, 6) is -1.22. The molecule has 0 aliphatic rings. The second kappa shape index (κ2) is 5.99. The van der Waals surface area contributed by atoms with Gasteiger partial charge in [0.15, 0.2) is 0 Å². The van der Waals surface area contributed by atoms with E-state index in [-0.39, 0.29) is 13.0 Å². The van der Waals surface area contributed by atoms with Gasteiger partial charge in [0.05, 0.1) is 6.42 Å². The maximum Gasteiger partial charge on any atom is 0.321 e. The van der Waals surface area contributed by atoms with Crippen LogP contribution in [0.15, 0.2) is 5.28 Å². The summed E-state index contributed by atoms with van der Waals surface area (Å²) < 4.78 is 4.42. The Balaban J connectivity index is 3.44. The smallest absolute Gasteiger partial charge is 0.321 e. The third-order valence-corrected chi connectivity index (χ3v) is 0.791. The summed E-state index contributed by atoms with van der Waals surface area (Å²) in [5.41, 5.74) is 7.72. The van der Waals surface area contributed by atoms with Crippen molar-refractivity contribution in [3.05, 3.63) is 10.4 Å². The number of esters is 1. The van der Waals surface area contributed by atoms with Crippen LogP contribution in [0.5, 0.6) is 0 Å². The van der Waals surface area contributed by atoms with Crippen molar-refractivity contribution in [1.29, 1.82) is 0 Å². The zero-order valence-electron chi connectivity index (χ0n) is 6.39. The molecule has 0 N–H and O–H groups in total. The van der Waals surface area contributed by atoms with E-state index in [9.17, 15) is 9.59 Å². The Morgan fingerprint density at radius 1 is 1.58 bits per heavy atom. The first-order chi connectivity index (χ1) is 5.66. The van der Waals surface area contributed by atoms with Crippen LogP contribution in [0, 0.1) is 0 Å². The van der Waals surface area contributed by atoms with Crippen molar-refractivity contribution in [2.75, 3.05) is 6.61 Å². The van der Waals surface area contributed by atoms with Crippen LogP contribution < -0.4 is 0 Å². The van der Waals surface area contributed by atoms with Gasteiger partial charge in [-0.15, -0.1) is 0 Å². The summed E-state index contributed by atoms with van der Waals surface area (Å²) in [6.07, 6.45) is -0.126. The van der Waals surface area contributed by atoms with E-state index in [1.54, 1.807) is 0 Å². The van der Waals surface area contributed by atoms with E-state index in [1.807, 2.05) is 0 Å². The molecule has 7 heteroatoms. The minimum atomic E-state index is -0.742. The van der Waals surface area contributed by atoms with Gasteiger partial charge in [0.25, 0.3) is 0 Å². The van der Waals surface area contributed by atoms with Crippen LogP contribution >= 0.6 is 0 Å². The van der Waals surface area contributed by atoms with Gasteiger partial charge >= 0.3 is 11.9 Å². The van der Waals surface area contributed by atoms with Gasteiger partial charge in [-0.1, -0.05) is 0 Å². The molecular weight excluding hydrogens is 166 g/mol. The SMILES string of the molecule is CC(=O)OCCC(=O)ON=[N+]=[N-]. The lowest BCUT2D eigenvalue weighted by Gasteiger charge is -1.98. The third-order valence-electron chi connectivity index (χ3n) is 0.791. The Bertz CT molecular complexity index is 221. The quantitative estimate of drug-likeness (QED) is 0.205. The fourth-order valence-corrected chi connectivity index (χ4v) is 0.388. The monoisotopic (exact) mass is 173 g/mol. The summed E-state index contributed by atoms with van der Waals surface area (Å²) in [6.45, 7) is 1.15. The lowest BCUT2D eigenvalue weighted by Crippen LogP contribution is -2.07. The van der Waals surface area contributed by atoms with Crippen LogP contribution in [0.3, 0.4) is 0 Å². The minimum Gasteiger partial charge on any atom is -0.465 e. The minimum absolute atomic E-state index is 0.0743. The van der Waals surface area contributed by atoms with Crippen LogP contribution in [-0.4, -0.2) is 18.5 Å². The zero-order valence-corrected chi connectivity index (χ0v) is 6.39. The van der Waals surface area contributed by atoms with Crippen LogP contribution in [0.4, 0.5) is 0 Å². The second-order valence-electron chi connectivity index (χ2n) is 1.72. The normalized spacial score (nSPS) is 8.08. The second-order valence-corrected chi connectivity index (χ2v) is 1.72. The largest absolute Gasteiger partial charge is 0.465 e. The Labute approximate surface area is 67.8 Å². The molecule has 0 bridgehead atoms. The van der Waals surface area contributed by atoms with Gasteiger partial charge in [0.2, 0.25) is 0 Å². The molecule has 0 rings (SSSR count). The Kier molecular flexibility index (Phi) is 5.12. The van der Waals surface area contributed by atoms with Gasteiger partial charge in [-0.2, -0.15) is 0 Å². The number of rotatable bonds is 4. The van der Waals surface area contributed by atoms with E-state index in [4.69, 9.17) is 5.53 Å². The average Bonchev–Trinajstić information content (AvgIpc) is 2.00. The summed E-state index contributed by atoms with van der Waals surface area (Å²) in [7, 11) is 0. The number of carbonyl (C=O) groups excluding carboxylic acids is 2. The molecule has 0 amide bonds. The maximum absolute atomic E-state index is 10.5. The van der Waals surface area contributed by atoms with Crippen LogP contribution in [0.25, 0.3) is 10.4 Å². The number of hydrogen-bond acceptors (Lipinski definition) is 5. The first-order valence-electron chi connectivity index (χ1n) is 3.04. The third kappa shape index (κ3) is 6.37. The molecule has 0 aliphatic carbocycles. The first-order valence-corrected chi connectivity index (χ1v) is 3.04. The Morgan fingerprint density at radius 3 is 2.75 bits per heavy atom. The number of azide groups is 1. The van der Waals surface area contributed by atoms with Gasteiger partial charge in [0, 0.05) is 11.8 Å². The van der Waals surface area contributed by atoms with Gasteiger partial charge in [0.1, 0.15) is 11.9 Å². The summed E-state index contributed by atoms with van der Waals surface area (Å²) in [6, 6.07) is 0. The van der Waals surface area contributed by atoms with Crippen LogP contribution in [0.1, 0.15) is 13.3 Å². The summed E-state index contributed by atoms with van der Waals surface area (Å²) in [5, 5.41) is 2.56. The molecule has 0 spiro atoms. The molecule has 66 valence electrons. The highest BCUT2D eigenvalue weighted by molar-refractivity contribution is 5.70. The van der Waals surface area contributed by atoms with Crippen molar-refractivity contribution >= 4 is 11.9 Å². The van der Waals surface area contributed by atoms with Crippen LogP contribution in [0.2, 0.25) is 0 Å². The lowest BCUT2D eigenvalue weighted by molar-refractivity contribution is -0.148. The maximum atomic E-state index is 10.5. The summed E-state index contributed by atoms with van der Waals surface area (Å²) >= 11 is 0. The Morgan fingerprint density at radius 2 is 2.25 bits per heavy atom. The molecule has 7 nitrogen and oxygen atoms in total. The molecule has 0 aromatic rings. The lowest BCUT2D eigenvalue weighted by atomic mass is 10.5. The van der Waals surface area contributed by atoms with Crippen LogP contribution in [-0.2, 0) is 19.2 Å². The molecule has 0 unspecified atom stereocenters. The van der Waals surface area contributed by atoms with E-state index >= 15 is 0 Å². The number of carbonyl (C=O) groups is 2. The highest BCUT2D eigenvalue weighted by Crippen LogP contribution is 1.89. The molecule has 0 fully saturated rings. The predicted octanol–water partition coefficient (Wildman–Crippen LogP) is 0.708. The molecule has 12 heavy (non-hydrogen) atoms. The van der Waals surface area contributed by atoms with E-state index in [2.05, 4.69) is 19.8 Å². The number of nitrogens with zero attached hydrogens (tertiary/aromatic N) is 3. The molecule has 0 radical (unpaired) electrons. The fraction of sp³-hybridized carbons (Fsp3) is 0.600. The molecule has 0 heterocycles. The zero-order chi connectivity index (χ0) is 9.40. The predicted molar refractivity (Wildman–Crippen MR) is 36.5 cm³/mol. The fourth-order valence-electron chi connectivity index (χ4n) is 0.388. The molecule has 0 aliphatic heterocycles. The van der Waals surface area contributed by atoms with Crippen molar-refractivity contribution in [2.45, 2.75) is 13.3 Å². The first kappa shape index (κ1) is 10.2. The van der Waals surface area contributed by atoms with Gasteiger partial charge < -0.3 is 9.57 Å². The topological polar surface area (TPSA) is 101 Å². The molecule has 0 saturated carbocycles. The Hall–Kier alpha value is -1.75. The van der Waals surface area contributed by atoms with Crippen molar-refractivity contribution in [3.63, 3.8) is 0 Å². The van der Waals surface area contributed by atoms with Crippen molar-refractivity contribution in [2.24, 2.45) is 5.28 Å². The molecule has 0 aromatic carbocycles. The molecule has 0 atom stereocenters. The van der Waals surface area contributed by atoms with Crippen molar-refractivity contribution < 1.29 is 19.2 Å². The molecule has 0 saturated heterocycles. The van der Waals surface area contributed by atoms with Crippen molar-refractivity contribution in [3.8, 4) is 0 Å². The molecular formula is C5H7N3O4. The van der Waals surface area contributed by atoms with Crippen molar-refractivity contribution in [1.82, 2.24) is 0 Å². The highest BCUT2D eigenvalue weighted by atomic mass is 16.7. The standard InChI is InChI=1S/C5H7N3O4/c1-4(9)11-3-2-5(10)12-8-7-6/h2-3H2,1H3. The van der Waals surface area contributed by atoms with E-state index in [1.165, 1.54) is 6.92 Å². The van der Waals surface area contributed by atoms with E-state index in [0.717, 1.165) is 0 Å². The van der Waals surface area contributed by atoms with Gasteiger partial charge in [-0.3, -0.25) is 9.59 Å². The molecule has 0 aromatic heterocycles. The number of hydrogen-bond donors (Lipinski definition) is 0. The van der Waals surface area contributed by atoms with Gasteiger partial charge in [-0.25, -0.2) is 0 Å². The average molecular weight is 173 g/mol. The summed E-state index contributed by atoms with van der Waals surface area (Å²) in [4.78, 5) is 26.8.